The van der Waals surface area contributed by atoms with Crippen LogP contribution >= 0.6 is 0 Å². The van der Waals surface area contributed by atoms with Gasteiger partial charge in [-0.25, -0.2) is 0 Å². The summed E-state index contributed by atoms with van der Waals surface area (Å²) in [6.07, 6.45) is 46.6. The van der Waals surface area contributed by atoms with Crippen molar-refractivity contribution in [2.75, 3.05) is 6.61 Å². The number of unbranched alkanes of at least 4 members (excludes halogenated alkanes) is 25. The van der Waals surface area contributed by atoms with E-state index >= 15 is 0 Å². The highest BCUT2D eigenvalue weighted by Gasteiger charge is 2.19. The Hall–Kier alpha value is -1.13. The van der Waals surface area contributed by atoms with Gasteiger partial charge in [-0.05, 0) is 44.9 Å². The van der Waals surface area contributed by atoms with Gasteiger partial charge in [-0.1, -0.05) is 186 Å². The normalized spacial score (nSPS) is 13.2. The summed E-state index contributed by atoms with van der Waals surface area (Å²) in [7, 11) is 0. The van der Waals surface area contributed by atoms with Gasteiger partial charge in [0.2, 0.25) is 5.91 Å². The Bertz CT molecular complexity index is 647. The van der Waals surface area contributed by atoms with E-state index < -0.39 is 12.1 Å². The maximum atomic E-state index is 12.3. The molecular weight excluding hydrogens is 554 g/mol. The fourth-order valence-electron chi connectivity index (χ4n) is 6.10. The molecule has 0 saturated carbocycles. The lowest BCUT2D eigenvalue weighted by molar-refractivity contribution is -0.123. The van der Waals surface area contributed by atoms with Crippen LogP contribution in [0.3, 0.4) is 0 Å². The molecule has 0 bridgehead atoms. The molecule has 0 aromatic carbocycles. The maximum Gasteiger partial charge on any atom is 0.220 e. The first-order chi connectivity index (χ1) is 22.2. The van der Waals surface area contributed by atoms with Gasteiger partial charge in [-0.2, -0.15) is 0 Å². The Morgan fingerprint density at radius 3 is 1.36 bits per heavy atom. The predicted octanol–water partition coefficient (Wildman–Crippen LogP) is 12.1. The van der Waals surface area contributed by atoms with E-state index in [1.165, 1.54) is 141 Å². The van der Waals surface area contributed by atoms with Crippen LogP contribution in [0.2, 0.25) is 0 Å². The van der Waals surface area contributed by atoms with E-state index in [0.29, 0.717) is 12.8 Å². The fourth-order valence-corrected chi connectivity index (χ4v) is 6.10. The molecule has 0 aliphatic carbocycles. The Balaban J connectivity index is 3.56. The molecule has 0 radical (unpaired) electrons. The average molecular weight is 634 g/mol. The first-order valence-corrected chi connectivity index (χ1v) is 20.0. The molecule has 0 heterocycles. The van der Waals surface area contributed by atoms with Gasteiger partial charge >= 0.3 is 0 Å². The highest BCUT2D eigenvalue weighted by Crippen LogP contribution is 2.15. The maximum absolute atomic E-state index is 12.3. The second-order valence-corrected chi connectivity index (χ2v) is 13.7. The van der Waals surface area contributed by atoms with Crippen molar-refractivity contribution in [2.45, 2.75) is 225 Å². The van der Waals surface area contributed by atoms with Crippen LogP contribution in [0, 0.1) is 0 Å². The molecule has 4 nitrogen and oxygen atoms in total. The lowest BCUT2D eigenvalue weighted by Gasteiger charge is -2.22. The summed E-state index contributed by atoms with van der Waals surface area (Å²) in [6.45, 7) is 4.34. The van der Waals surface area contributed by atoms with E-state index in [4.69, 9.17) is 0 Å². The van der Waals surface area contributed by atoms with Crippen molar-refractivity contribution in [1.82, 2.24) is 5.32 Å². The molecule has 0 rings (SSSR count). The van der Waals surface area contributed by atoms with Crippen molar-refractivity contribution in [3.05, 3.63) is 24.3 Å². The first-order valence-electron chi connectivity index (χ1n) is 20.0. The molecule has 45 heavy (non-hydrogen) atoms. The number of carbonyl (C=O) groups is 1. The molecular formula is C41H79NO3. The molecule has 3 N–H and O–H groups in total. The minimum absolute atomic E-state index is 0.0446. The third kappa shape index (κ3) is 34.0. The molecule has 0 aliphatic heterocycles. The summed E-state index contributed by atoms with van der Waals surface area (Å²) in [5, 5.41) is 23.1. The molecule has 0 aliphatic rings. The Morgan fingerprint density at radius 1 is 0.533 bits per heavy atom. The SMILES string of the molecule is CCCCCC/C=C\C/C=C\CCCCCCCC(=O)NC(CO)C(O)CCCCCCCCCCCCCCCCCCC. The van der Waals surface area contributed by atoms with E-state index in [2.05, 4.69) is 43.5 Å². The minimum atomic E-state index is -0.662. The van der Waals surface area contributed by atoms with Crippen LogP contribution in [0.4, 0.5) is 0 Å². The molecule has 0 aromatic rings. The van der Waals surface area contributed by atoms with Crippen molar-refractivity contribution >= 4 is 5.91 Å². The van der Waals surface area contributed by atoms with Crippen LogP contribution in [0.1, 0.15) is 213 Å². The summed E-state index contributed by atoms with van der Waals surface area (Å²) in [5.74, 6) is -0.0446. The van der Waals surface area contributed by atoms with Crippen molar-refractivity contribution in [3.63, 3.8) is 0 Å². The second-order valence-electron chi connectivity index (χ2n) is 13.7. The Kier molecular flexibility index (Phi) is 36.4. The van der Waals surface area contributed by atoms with Crippen molar-refractivity contribution in [2.24, 2.45) is 0 Å². The van der Waals surface area contributed by atoms with E-state index in [0.717, 1.165) is 44.9 Å². The van der Waals surface area contributed by atoms with Crippen LogP contribution in [0.5, 0.6) is 0 Å². The summed E-state index contributed by atoms with van der Waals surface area (Å²) < 4.78 is 0. The van der Waals surface area contributed by atoms with Gasteiger partial charge in [0.15, 0.2) is 0 Å². The summed E-state index contributed by atoms with van der Waals surface area (Å²) in [4.78, 5) is 12.3. The lowest BCUT2D eigenvalue weighted by Crippen LogP contribution is -2.45. The average Bonchev–Trinajstić information content (AvgIpc) is 3.04. The predicted molar refractivity (Wildman–Crippen MR) is 198 cm³/mol. The largest absolute Gasteiger partial charge is 0.394 e. The van der Waals surface area contributed by atoms with E-state index in [1.54, 1.807) is 0 Å². The molecule has 266 valence electrons. The molecule has 0 saturated heterocycles. The number of hydrogen-bond donors (Lipinski definition) is 3. The summed E-state index contributed by atoms with van der Waals surface area (Å²) in [6, 6.07) is -0.541. The Morgan fingerprint density at radius 2 is 0.911 bits per heavy atom. The smallest absolute Gasteiger partial charge is 0.220 e. The van der Waals surface area contributed by atoms with Crippen molar-refractivity contribution in [1.29, 1.82) is 0 Å². The van der Waals surface area contributed by atoms with Gasteiger partial charge < -0.3 is 15.5 Å². The molecule has 0 spiro atoms. The summed E-state index contributed by atoms with van der Waals surface area (Å²) >= 11 is 0. The zero-order chi connectivity index (χ0) is 32.9. The molecule has 0 fully saturated rings. The number of rotatable bonds is 36. The number of nitrogens with one attached hydrogen (secondary N) is 1. The summed E-state index contributed by atoms with van der Waals surface area (Å²) in [5.41, 5.74) is 0. The number of aliphatic hydroxyl groups excluding tert-OH is 2. The molecule has 1 amide bonds. The van der Waals surface area contributed by atoms with Crippen LogP contribution in [-0.2, 0) is 4.79 Å². The third-order valence-electron chi connectivity index (χ3n) is 9.22. The highest BCUT2D eigenvalue weighted by atomic mass is 16.3. The zero-order valence-electron chi connectivity index (χ0n) is 30.4. The molecule has 2 atom stereocenters. The van der Waals surface area contributed by atoms with E-state index in [1.807, 2.05) is 0 Å². The van der Waals surface area contributed by atoms with E-state index in [-0.39, 0.29) is 12.5 Å². The molecule has 0 aromatic heterocycles. The number of amides is 1. The zero-order valence-corrected chi connectivity index (χ0v) is 30.4. The number of carbonyl (C=O) groups excluding carboxylic acids is 1. The topological polar surface area (TPSA) is 69.6 Å². The van der Waals surface area contributed by atoms with Crippen LogP contribution in [0.15, 0.2) is 24.3 Å². The minimum Gasteiger partial charge on any atom is -0.394 e. The highest BCUT2D eigenvalue weighted by molar-refractivity contribution is 5.76. The fraction of sp³-hybridized carbons (Fsp3) is 0.878. The van der Waals surface area contributed by atoms with Crippen LogP contribution in [-0.4, -0.2) is 34.9 Å². The number of aliphatic hydroxyl groups is 2. The monoisotopic (exact) mass is 634 g/mol. The lowest BCUT2D eigenvalue weighted by atomic mass is 10.0. The van der Waals surface area contributed by atoms with Crippen molar-refractivity contribution in [3.8, 4) is 0 Å². The van der Waals surface area contributed by atoms with Gasteiger partial charge in [0.25, 0.3) is 0 Å². The number of allylic oxidation sites excluding steroid dienone is 4. The van der Waals surface area contributed by atoms with Crippen LogP contribution < -0.4 is 5.32 Å². The van der Waals surface area contributed by atoms with Gasteiger partial charge in [0, 0.05) is 6.42 Å². The molecule has 2 unspecified atom stereocenters. The van der Waals surface area contributed by atoms with Crippen LogP contribution in [0.25, 0.3) is 0 Å². The second kappa shape index (κ2) is 37.3. The Labute approximate surface area is 281 Å². The quantitative estimate of drug-likeness (QED) is 0.0475. The number of hydrogen-bond acceptors (Lipinski definition) is 3. The standard InChI is InChI=1S/C41H79NO3/c1-3-5-7-9-11-13-15-17-19-21-22-24-26-28-30-32-34-36-40(44)39(38-43)42-41(45)37-35-33-31-29-27-25-23-20-18-16-14-12-10-8-6-4-2/h14,16,20,23,39-40,43-44H,3-13,15,17-19,21-22,24-38H2,1-2H3,(H,42,45)/b16-14-,23-20-. The van der Waals surface area contributed by atoms with Gasteiger partial charge in [-0.3, -0.25) is 4.79 Å². The van der Waals surface area contributed by atoms with Crippen molar-refractivity contribution < 1.29 is 15.0 Å². The van der Waals surface area contributed by atoms with Gasteiger partial charge in [0.05, 0.1) is 18.8 Å². The van der Waals surface area contributed by atoms with E-state index in [9.17, 15) is 15.0 Å². The first kappa shape index (κ1) is 43.9. The van der Waals surface area contributed by atoms with Gasteiger partial charge in [-0.15, -0.1) is 0 Å². The van der Waals surface area contributed by atoms with Gasteiger partial charge in [0.1, 0.15) is 0 Å². The molecule has 4 heteroatoms. The third-order valence-corrected chi connectivity index (χ3v) is 9.22.